The number of alkyl carbamates (subject to hydrolysis) is 1. The molecule has 4 atom stereocenters. The first-order chi connectivity index (χ1) is 16.5. The average Bonchev–Trinajstić information content (AvgIpc) is 2.77. The minimum absolute atomic E-state index is 0.00888. The highest BCUT2D eigenvalue weighted by Crippen LogP contribution is 2.24. The van der Waals surface area contributed by atoms with E-state index in [0.29, 0.717) is 0 Å². The lowest BCUT2D eigenvalue weighted by molar-refractivity contribution is -0.149. The molecule has 2 rings (SSSR count). The summed E-state index contributed by atoms with van der Waals surface area (Å²) in [6.45, 7) is 10.0. The van der Waals surface area contributed by atoms with Gasteiger partial charge in [0.15, 0.2) is 0 Å². The molecule has 1 aromatic carbocycles. The van der Waals surface area contributed by atoms with Gasteiger partial charge >= 0.3 is 12.1 Å². The molecule has 35 heavy (non-hydrogen) atoms. The highest BCUT2D eigenvalue weighted by atomic mass is 16.6. The molecular formula is C26H34N2O7. The van der Waals surface area contributed by atoms with Gasteiger partial charge in [-0.3, -0.25) is 4.79 Å². The van der Waals surface area contributed by atoms with E-state index in [4.69, 9.17) is 14.2 Å². The van der Waals surface area contributed by atoms with Gasteiger partial charge in [0.25, 0.3) is 0 Å². The van der Waals surface area contributed by atoms with Crippen molar-refractivity contribution < 1.29 is 33.7 Å². The number of hydrogen-bond acceptors (Lipinski definition) is 7. The summed E-state index contributed by atoms with van der Waals surface area (Å²) in [5.41, 5.74) is 0.0110. The second-order valence-corrected chi connectivity index (χ2v) is 9.04. The topological polar surface area (TPSA) is 123 Å². The Bertz CT molecular complexity index is 950. The lowest BCUT2D eigenvalue weighted by Gasteiger charge is -2.39. The van der Waals surface area contributed by atoms with Gasteiger partial charge in [-0.25, -0.2) is 9.59 Å². The summed E-state index contributed by atoms with van der Waals surface area (Å²) in [4.78, 5) is 37.3. The van der Waals surface area contributed by atoms with Crippen molar-refractivity contribution in [2.24, 2.45) is 0 Å². The van der Waals surface area contributed by atoms with Crippen LogP contribution >= 0.6 is 0 Å². The van der Waals surface area contributed by atoms with Crippen molar-refractivity contribution in [2.75, 3.05) is 0 Å². The Morgan fingerprint density at radius 3 is 2.49 bits per heavy atom. The maximum absolute atomic E-state index is 12.8. The first kappa shape index (κ1) is 27.7. The minimum Gasteiger partial charge on any atom is -0.478 e. The number of carbonyl (C=O) groups excluding carboxylic acids is 3. The molecule has 1 heterocycles. The van der Waals surface area contributed by atoms with Gasteiger partial charge in [0.2, 0.25) is 11.7 Å². The van der Waals surface area contributed by atoms with Crippen LogP contribution in [0.3, 0.4) is 0 Å². The fourth-order valence-corrected chi connectivity index (χ4v) is 3.39. The van der Waals surface area contributed by atoms with E-state index in [1.165, 1.54) is 13.0 Å². The summed E-state index contributed by atoms with van der Waals surface area (Å²) in [5, 5.41) is 16.2. The second-order valence-electron chi connectivity index (χ2n) is 9.04. The van der Waals surface area contributed by atoms with Crippen LogP contribution in [0.5, 0.6) is 0 Å². The Balaban J connectivity index is 2.33. The molecule has 0 fully saturated rings. The Morgan fingerprint density at radius 2 is 1.89 bits per heavy atom. The first-order valence-electron chi connectivity index (χ1n) is 11.3. The minimum atomic E-state index is -1.13. The van der Waals surface area contributed by atoms with Crippen LogP contribution in [0, 0.1) is 0 Å². The van der Waals surface area contributed by atoms with E-state index in [0.717, 1.165) is 5.56 Å². The molecule has 1 aliphatic heterocycles. The molecular weight excluding hydrogens is 452 g/mol. The van der Waals surface area contributed by atoms with Crippen LogP contribution in [0.2, 0.25) is 0 Å². The van der Waals surface area contributed by atoms with Gasteiger partial charge < -0.3 is 30.0 Å². The van der Waals surface area contributed by atoms with Crippen LogP contribution < -0.4 is 10.6 Å². The fourth-order valence-electron chi connectivity index (χ4n) is 3.39. The fraction of sp³-hybridized carbons (Fsp3) is 0.423. The highest BCUT2D eigenvalue weighted by molar-refractivity contribution is 5.87. The largest absolute Gasteiger partial charge is 0.478 e. The Kier molecular flexibility index (Phi) is 10.1. The van der Waals surface area contributed by atoms with Gasteiger partial charge in [-0.2, -0.15) is 0 Å². The normalized spacial score (nSPS) is 20.7. The zero-order chi connectivity index (χ0) is 26.0. The van der Waals surface area contributed by atoms with Gasteiger partial charge in [-0.05, 0) is 38.8 Å². The van der Waals surface area contributed by atoms with Crippen molar-refractivity contribution in [2.45, 2.75) is 70.6 Å². The average molecular weight is 487 g/mol. The number of esters is 1. The monoisotopic (exact) mass is 486 g/mol. The summed E-state index contributed by atoms with van der Waals surface area (Å²) in [6.07, 6.45) is 3.42. The van der Waals surface area contributed by atoms with E-state index in [-0.39, 0.29) is 18.8 Å². The SMILES string of the molecule is C=C/C=C\CC(O)[C@@H]1OC(C(=O)OCc2ccccc2)=C[C@H](NC(=O)OC(C)(C)C)[C@H]1NC(C)=O. The quantitative estimate of drug-likeness (QED) is 0.362. The van der Waals surface area contributed by atoms with Crippen LogP contribution in [-0.2, 0) is 30.4 Å². The lowest BCUT2D eigenvalue weighted by atomic mass is 9.92. The predicted octanol–water partition coefficient (Wildman–Crippen LogP) is 2.90. The summed E-state index contributed by atoms with van der Waals surface area (Å²) >= 11 is 0. The third kappa shape index (κ3) is 9.29. The smallest absolute Gasteiger partial charge is 0.408 e. The van der Waals surface area contributed by atoms with Gasteiger partial charge in [0.1, 0.15) is 18.3 Å². The zero-order valence-electron chi connectivity index (χ0n) is 20.5. The number of allylic oxidation sites excluding steroid dienone is 2. The molecule has 190 valence electrons. The van der Waals surface area contributed by atoms with E-state index in [2.05, 4.69) is 17.2 Å². The van der Waals surface area contributed by atoms with Gasteiger partial charge in [-0.15, -0.1) is 0 Å². The maximum atomic E-state index is 12.8. The first-order valence-corrected chi connectivity index (χ1v) is 11.3. The van der Waals surface area contributed by atoms with Gasteiger partial charge in [-0.1, -0.05) is 55.1 Å². The molecule has 1 aliphatic rings. The Labute approximate surface area is 205 Å². The summed E-state index contributed by atoms with van der Waals surface area (Å²) in [6, 6.07) is 7.29. The molecule has 2 amide bonds. The van der Waals surface area contributed by atoms with E-state index in [9.17, 15) is 19.5 Å². The molecule has 0 bridgehead atoms. The van der Waals surface area contributed by atoms with Crippen molar-refractivity contribution in [3.05, 3.63) is 72.5 Å². The summed E-state index contributed by atoms with van der Waals surface area (Å²) in [7, 11) is 0. The molecule has 0 radical (unpaired) electrons. The van der Waals surface area contributed by atoms with Crippen LogP contribution in [-0.4, -0.2) is 53.0 Å². The van der Waals surface area contributed by atoms with Gasteiger partial charge in [0, 0.05) is 6.92 Å². The number of aliphatic hydroxyl groups is 1. The third-order valence-corrected chi connectivity index (χ3v) is 4.83. The predicted molar refractivity (Wildman–Crippen MR) is 130 cm³/mol. The number of aliphatic hydroxyl groups excluding tert-OH is 1. The highest BCUT2D eigenvalue weighted by Gasteiger charge is 2.42. The summed E-state index contributed by atoms with van der Waals surface area (Å²) < 4.78 is 16.5. The molecule has 9 heteroatoms. The Hall–Kier alpha value is -3.59. The van der Waals surface area contributed by atoms with E-state index >= 15 is 0 Å². The number of rotatable bonds is 9. The van der Waals surface area contributed by atoms with Crippen molar-refractivity contribution in [3.8, 4) is 0 Å². The number of nitrogens with one attached hydrogen (secondary N) is 2. The molecule has 0 aliphatic carbocycles. The number of ether oxygens (including phenoxy) is 3. The van der Waals surface area contributed by atoms with Crippen LogP contribution in [0.15, 0.2) is 67.0 Å². The van der Waals surface area contributed by atoms with E-state index in [1.807, 2.05) is 30.3 Å². The zero-order valence-corrected chi connectivity index (χ0v) is 20.5. The molecule has 0 aromatic heterocycles. The van der Waals surface area contributed by atoms with Crippen molar-refractivity contribution >= 4 is 18.0 Å². The maximum Gasteiger partial charge on any atom is 0.408 e. The number of amides is 2. The number of carbonyl (C=O) groups is 3. The molecule has 0 spiro atoms. The van der Waals surface area contributed by atoms with Crippen molar-refractivity contribution in [1.29, 1.82) is 0 Å². The molecule has 3 N–H and O–H groups in total. The van der Waals surface area contributed by atoms with E-state index in [1.54, 1.807) is 39.0 Å². The Morgan fingerprint density at radius 1 is 1.20 bits per heavy atom. The van der Waals surface area contributed by atoms with Crippen LogP contribution in [0.25, 0.3) is 0 Å². The van der Waals surface area contributed by atoms with Gasteiger partial charge in [0.05, 0.1) is 18.2 Å². The lowest BCUT2D eigenvalue weighted by Crippen LogP contribution is -2.62. The molecule has 0 saturated heterocycles. The van der Waals surface area contributed by atoms with Crippen molar-refractivity contribution in [3.63, 3.8) is 0 Å². The molecule has 1 aromatic rings. The molecule has 0 saturated carbocycles. The van der Waals surface area contributed by atoms with E-state index < -0.39 is 47.9 Å². The molecule has 1 unspecified atom stereocenters. The van der Waals surface area contributed by atoms with Crippen LogP contribution in [0.1, 0.15) is 39.7 Å². The van der Waals surface area contributed by atoms with Crippen molar-refractivity contribution in [1.82, 2.24) is 10.6 Å². The number of hydrogen-bond donors (Lipinski definition) is 3. The summed E-state index contributed by atoms with van der Waals surface area (Å²) in [5.74, 6) is -1.37. The number of benzene rings is 1. The second kappa shape index (κ2) is 12.8. The van der Waals surface area contributed by atoms with Crippen LogP contribution in [0.4, 0.5) is 4.79 Å². The molecule has 9 nitrogen and oxygen atoms in total. The standard InChI is InChI=1S/C26H34N2O7/c1-6-7-9-14-20(30)23-22(27-17(2)29)19(28-25(32)35-26(3,4)5)15-21(34-23)24(31)33-16-18-12-10-8-11-13-18/h6-13,15,19-20,22-23,30H,1,14,16H2,2-5H3,(H,27,29)(H,28,32)/b9-7-/t19-,20?,22+,23-/m0/s1. The third-order valence-electron chi connectivity index (χ3n) is 4.83.